The minimum atomic E-state index is -0.645. The Bertz CT molecular complexity index is 287. The van der Waals surface area contributed by atoms with Crippen molar-refractivity contribution < 1.29 is 14.6 Å². The van der Waals surface area contributed by atoms with Crippen molar-refractivity contribution in [3.05, 3.63) is 0 Å². The van der Waals surface area contributed by atoms with Gasteiger partial charge in [-0.05, 0) is 42.6 Å². The Hall–Kier alpha value is 0.0969. The SMILES string of the molecule is CC(C)(C)[SiH2]OC(C)(C)C(C)(C)C(C)(CCO)CCO. The fraction of sp³-hybridized carbons (Fsp3) is 1.00. The van der Waals surface area contributed by atoms with Gasteiger partial charge >= 0.3 is 0 Å². The van der Waals surface area contributed by atoms with Crippen molar-refractivity contribution >= 4 is 9.76 Å². The van der Waals surface area contributed by atoms with Crippen LogP contribution in [-0.2, 0) is 4.43 Å². The Morgan fingerprint density at radius 1 is 0.800 bits per heavy atom. The molecule has 0 aliphatic carbocycles. The number of hydrogen-bond donors (Lipinski definition) is 2. The zero-order chi connectivity index (χ0) is 16.2. The lowest BCUT2D eigenvalue weighted by atomic mass is 9.56. The maximum Gasteiger partial charge on any atom is 0.167 e. The Morgan fingerprint density at radius 2 is 1.20 bits per heavy atom. The van der Waals surface area contributed by atoms with Crippen molar-refractivity contribution in [1.82, 2.24) is 0 Å². The summed E-state index contributed by atoms with van der Waals surface area (Å²) >= 11 is 0. The topological polar surface area (TPSA) is 49.7 Å². The first-order valence-corrected chi connectivity index (χ1v) is 8.97. The average molecular weight is 305 g/mol. The summed E-state index contributed by atoms with van der Waals surface area (Å²) in [6.45, 7) is 17.8. The molecule has 0 radical (unpaired) electrons. The fourth-order valence-electron chi connectivity index (χ4n) is 2.55. The lowest BCUT2D eigenvalue weighted by Gasteiger charge is -2.54. The Balaban J connectivity index is 5.22. The van der Waals surface area contributed by atoms with Crippen molar-refractivity contribution in [3.8, 4) is 0 Å². The third-order valence-electron chi connectivity index (χ3n) is 5.21. The predicted octanol–water partition coefficient (Wildman–Crippen LogP) is 2.88. The van der Waals surface area contributed by atoms with E-state index in [1.807, 2.05) is 0 Å². The van der Waals surface area contributed by atoms with Crippen LogP contribution in [0.5, 0.6) is 0 Å². The Labute approximate surface area is 128 Å². The summed E-state index contributed by atoms with van der Waals surface area (Å²) in [5, 5.41) is 19.1. The standard InChI is InChI=1S/C16H36O3Si/c1-13(2,3)20-19-15(6,7)14(4,5)16(8,9-11-17)10-12-18/h17-18H,9-12,20H2,1-8H3. The van der Waals surface area contributed by atoms with E-state index in [0.717, 1.165) is 0 Å². The van der Waals surface area contributed by atoms with Crippen LogP contribution in [0.25, 0.3) is 0 Å². The first-order valence-electron chi connectivity index (χ1n) is 7.69. The van der Waals surface area contributed by atoms with Crippen molar-refractivity contribution in [1.29, 1.82) is 0 Å². The van der Waals surface area contributed by atoms with Crippen molar-refractivity contribution in [3.63, 3.8) is 0 Å². The molecule has 0 amide bonds. The molecule has 0 fully saturated rings. The molecule has 0 aromatic rings. The third-order valence-corrected chi connectivity index (χ3v) is 6.94. The average Bonchev–Trinajstić information content (AvgIpc) is 2.26. The van der Waals surface area contributed by atoms with Gasteiger partial charge in [0.05, 0.1) is 5.60 Å². The first kappa shape index (κ1) is 20.1. The molecule has 0 aromatic heterocycles. The molecule has 0 rings (SSSR count). The second kappa shape index (κ2) is 6.90. The molecule has 0 aromatic carbocycles. The zero-order valence-electron chi connectivity index (χ0n) is 14.8. The summed E-state index contributed by atoms with van der Waals surface area (Å²) in [5.74, 6) is 0. The molecule has 122 valence electrons. The molecule has 0 aliphatic heterocycles. The summed E-state index contributed by atoms with van der Waals surface area (Å²) in [5.41, 5.74) is -0.554. The molecule has 0 heterocycles. The molecule has 20 heavy (non-hydrogen) atoms. The van der Waals surface area contributed by atoms with Gasteiger partial charge in [0.15, 0.2) is 9.76 Å². The fourth-order valence-corrected chi connectivity index (χ4v) is 3.70. The monoisotopic (exact) mass is 304 g/mol. The van der Waals surface area contributed by atoms with Crippen LogP contribution in [0.3, 0.4) is 0 Å². The Kier molecular flexibility index (Phi) is 6.94. The number of rotatable bonds is 8. The molecule has 0 spiro atoms. The van der Waals surface area contributed by atoms with Gasteiger partial charge in [0.25, 0.3) is 0 Å². The molecular weight excluding hydrogens is 268 g/mol. The minimum absolute atomic E-state index is 0.135. The number of aliphatic hydroxyl groups excluding tert-OH is 2. The normalized spacial score (nSPS) is 15.3. The van der Waals surface area contributed by atoms with E-state index in [1.54, 1.807) is 0 Å². The number of aliphatic hydroxyl groups is 2. The molecule has 2 N–H and O–H groups in total. The van der Waals surface area contributed by atoms with Crippen LogP contribution in [-0.4, -0.2) is 38.8 Å². The summed E-state index contributed by atoms with van der Waals surface area (Å²) < 4.78 is 6.37. The van der Waals surface area contributed by atoms with Gasteiger partial charge in [-0.3, -0.25) is 0 Å². The molecular formula is C16H36O3Si. The van der Waals surface area contributed by atoms with Gasteiger partial charge in [0, 0.05) is 13.2 Å². The van der Waals surface area contributed by atoms with E-state index < -0.39 is 9.76 Å². The van der Waals surface area contributed by atoms with E-state index in [-0.39, 0.29) is 34.7 Å². The van der Waals surface area contributed by atoms with Crippen LogP contribution in [0.1, 0.15) is 68.2 Å². The van der Waals surface area contributed by atoms with Gasteiger partial charge in [-0.2, -0.15) is 0 Å². The third kappa shape index (κ3) is 4.83. The molecule has 0 bridgehead atoms. The molecule has 0 unspecified atom stereocenters. The van der Waals surface area contributed by atoms with Crippen LogP contribution in [0.4, 0.5) is 0 Å². The van der Waals surface area contributed by atoms with Gasteiger partial charge in [-0.15, -0.1) is 0 Å². The molecule has 3 nitrogen and oxygen atoms in total. The Morgan fingerprint density at radius 3 is 1.50 bits per heavy atom. The van der Waals surface area contributed by atoms with Gasteiger partial charge in [-0.1, -0.05) is 41.5 Å². The zero-order valence-corrected chi connectivity index (χ0v) is 16.3. The van der Waals surface area contributed by atoms with Crippen LogP contribution >= 0.6 is 0 Å². The highest BCUT2D eigenvalue weighted by atomic mass is 28.2. The van der Waals surface area contributed by atoms with E-state index in [0.29, 0.717) is 12.8 Å². The highest BCUT2D eigenvalue weighted by Gasteiger charge is 2.50. The smallest absolute Gasteiger partial charge is 0.167 e. The highest BCUT2D eigenvalue weighted by Crippen LogP contribution is 2.52. The van der Waals surface area contributed by atoms with E-state index >= 15 is 0 Å². The molecule has 0 saturated carbocycles. The quantitative estimate of drug-likeness (QED) is 0.678. The lowest BCUT2D eigenvalue weighted by Crippen LogP contribution is -2.53. The van der Waals surface area contributed by atoms with Crippen molar-refractivity contribution in [2.24, 2.45) is 10.8 Å². The largest absolute Gasteiger partial charge is 0.418 e. The van der Waals surface area contributed by atoms with Crippen molar-refractivity contribution in [2.75, 3.05) is 13.2 Å². The predicted molar refractivity (Wildman–Crippen MR) is 88.7 cm³/mol. The van der Waals surface area contributed by atoms with Crippen LogP contribution in [0, 0.1) is 10.8 Å². The first-order chi connectivity index (χ1) is 8.83. The van der Waals surface area contributed by atoms with Gasteiger partial charge in [0.2, 0.25) is 0 Å². The second-order valence-electron chi connectivity index (χ2n) is 8.49. The van der Waals surface area contributed by atoms with E-state index in [2.05, 4.69) is 55.4 Å². The van der Waals surface area contributed by atoms with Crippen molar-refractivity contribution in [2.45, 2.75) is 78.9 Å². The minimum Gasteiger partial charge on any atom is -0.418 e. The highest BCUT2D eigenvalue weighted by molar-refractivity contribution is 6.31. The van der Waals surface area contributed by atoms with Crippen LogP contribution in [0.2, 0.25) is 5.04 Å². The second-order valence-corrected chi connectivity index (χ2v) is 11.2. The van der Waals surface area contributed by atoms with E-state index in [4.69, 9.17) is 4.43 Å². The molecule has 0 aliphatic rings. The maximum atomic E-state index is 9.40. The van der Waals surface area contributed by atoms with Crippen LogP contribution in [0.15, 0.2) is 0 Å². The van der Waals surface area contributed by atoms with E-state index in [1.165, 1.54) is 0 Å². The van der Waals surface area contributed by atoms with Crippen LogP contribution < -0.4 is 0 Å². The van der Waals surface area contributed by atoms with Gasteiger partial charge in [0.1, 0.15) is 0 Å². The molecule has 0 atom stereocenters. The van der Waals surface area contributed by atoms with Gasteiger partial charge in [-0.25, -0.2) is 0 Å². The molecule has 0 saturated heterocycles. The molecule has 4 heteroatoms. The maximum absolute atomic E-state index is 9.40. The lowest BCUT2D eigenvalue weighted by molar-refractivity contribution is -0.106. The van der Waals surface area contributed by atoms with E-state index in [9.17, 15) is 10.2 Å². The summed E-state index contributed by atoms with van der Waals surface area (Å²) in [7, 11) is -0.645. The summed E-state index contributed by atoms with van der Waals surface area (Å²) in [6, 6.07) is 0. The van der Waals surface area contributed by atoms with Gasteiger partial charge < -0.3 is 14.6 Å². The summed E-state index contributed by atoms with van der Waals surface area (Å²) in [6.07, 6.45) is 1.37. The summed E-state index contributed by atoms with van der Waals surface area (Å²) in [4.78, 5) is 0. The number of hydrogen-bond acceptors (Lipinski definition) is 3.